The molecule has 1 aliphatic heterocycles. The van der Waals surface area contributed by atoms with Crippen LogP contribution >= 0.6 is 0 Å². The second kappa shape index (κ2) is 7.47. The van der Waals surface area contributed by atoms with Crippen molar-refractivity contribution in [3.05, 3.63) is 48.0 Å². The van der Waals surface area contributed by atoms with E-state index in [1.807, 2.05) is 24.3 Å². The quantitative estimate of drug-likeness (QED) is 0.643. The summed E-state index contributed by atoms with van der Waals surface area (Å²) < 4.78 is 11.7. The highest BCUT2D eigenvalue weighted by Gasteiger charge is 2.22. The molecule has 0 saturated heterocycles. The number of ether oxygens (including phenoxy) is 2. The number of hydrogen-bond acceptors (Lipinski definition) is 4. The minimum Gasteiger partial charge on any atom is -0.494 e. The predicted molar refractivity (Wildman–Crippen MR) is 99.1 cm³/mol. The summed E-state index contributed by atoms with van der Waals surface area (Å²) in [7, 11) is 0. The molecule has 128 valence electrons. The standard InChI is InChI=1S/C20H26N2O2/c1-15-5-8-18(9-6-15)23-12-4-3-11-22-14-16(2)24-20-13-17(21)7-10-19(20)22/h5-10,13,16H,3-4,11-12,14,21H2,1-2H3. The molecule has 0 bridgehead atoms. The van der Waals surface area contributed by atoms with Crippen molar-refractivity contribution in [2.75, 3.05) is 30.3 Å². The molecule has 1 aliphatic rings. The number of nitrogens with two attached hydrogens (primary N) is 1. The molecule has 0 aliphatic carbocycles. The molecular weight excluding hydrogens is 300 g/mol. The van der Waals surface area contributed by atoms with E-state index in [0.29, 0.717) is 0 Å². The van der Waals surface area contributed by atoms with Gasteiger partial charge in [0.1, 0.15) is 17.6 Å². The Hall–Kier alpha value is -2.36. The molecule has 1 heterocycles. The third-order valence-corrected chi connectivity index (χ3v) is 4.24. The van der Waals surface area contributed by atoms with Gasteiger partial charge in [0.25, 0.3) is 0 Å². The number of aryl methyl sites for hydroxylation is 1. The maximum atomic E-state index is 5.89. The lowest BCUT2D eigenvalue weighted by atomic mass is 10.1. The first-order valence-electron chi connectivity index (χ1n) is 8.62. The molecule has 0 fully saturated rings. The first kappa shape index (κ1) is 16.5. The van der Waals surface area contributed by atoms with Gasteiger partial charge in [0.05, 0.1) is 18.8 Å². The second-order valence-electron chi connectivity index (χ2n) is 6.47. The topological polar surface area (TPSA) is 47.7 Å². The molecule has 4 nitrogen and oxygen atoms in total. The fourth-order valence-electron chi connectivity index (χ4n) is 2.99. The minimum atomic E-state index is 0.183. The third kappa shape index (κ3) is 4.13. The fourth-order valence-corrected chi connectivity index (χ4v) is 2.99. The molecular formula is C20H26N2O2. The maximum absolute atomic E-state index is 5.89. The van der Waals surface area contributed by atoms with E-state index in [-0.39, 0.29) is 6.10 Å². The summed E-state index contributed by atoms with van der Waals surface area (Å²) in [5.74, 6) is 1.84. The normalized spacial score (nSPS) is 16.4. The van der Waals surface area contributed by atoms with Gasteiger partial charge in [0, 0.05) is 18.3 Å². The van der Waals surface area contributed by atoms with Crippen LogP contribution in [0, 0.1) is 6.92 Å². The molecule has 2 aromatic rings. The van der Waals surface area contributed by atoms with Crippen molar-refractivity contribution in [1.82, 2.24) is 0 Å². The lowest BCUT2D eigenvalue weighted by molar-refractivity contribution is 0.212. The van der Waals surface area contributed by atoms with E-state index in [0.717, 1.165) is 55.4 Å². The highest BCUT2D eigenvalue weighted by atomic mass is 16.5. The van der Waals surface area contributed by atoms with Crippen LogP contribution in [0.4, 0.5) is 11.4 Å². The molecule has 2 aromatic carbocycles. The Bertz CT molecular complexity index is 670. The molecule has 0 radical (unpaired) electrons. The number of anilines is 2. The Morgan fingerprint density at radius 2 is 1.96 bits per heavy atom. The van der Waals surface area contributed by atoms with Crippen molar-refractivity contribution in [2.45, 2.75) is 32.8 Å². The van der Waals surface area contributed by atoms with E-state index in [2.05, 4.69) is 36.9 Å². The Morgan fingerprint density at radius 3 is 2.75 bits per heavy atom. The number of benzene rings is 2. The molecule has 2 N–H and O–H groups in total. The molecule has 0 amide bonds. The van der Waals surface area contributed by atoms with Crippen LogP contribution in [-0.2, 0) is 0 Å². The summed E-state index contributed by atoms with van der Waals surface area (Å²) in [6, 6.07) is 14.1. The van der Waals surface area contributed by atoms with Gasteiger partial charge in [-0.15, -0.1) is 0 Å². The Balaban J connectivity index is 1.47. The maximum Gasteiger partial charge on any atom is 0.145 e. The van der Waals surface area contributed by atoms with E-state index in [1.165, 1.54) is 5.56 Å². The SMILES string of the molecule is Cc1ccc(OCCCCN2CC(C)Oc3cc(N)ccc32)cc1. The smallest absolute Gasteiger partial charge is 0.145 e. The average molecular weight is 326 g/mol. The Labute approximate surface area is 144 Å². The van der Waals surface area contributed by atoms with Gasteiger partial charge in [-0.25, -0.2) is 0 Å². The summed E-state index contributed by atoms with van der Waals surface area (Å²) in [4.78, 5) is 2.38. The summed E-state index contributed by atoms with van der Waals surface area (Å²) in [6.45, 7) is 6.84. The van der Waals surface area contributed by atoms with E-state index in [1.54, 1.807) is 0 Å². The minimum absolute atomic E-state index is 0.183. The molecule has 0 saturated carbocycles. The second-order valence-corrected chi connectivity index (χ2v) is 6.47. The van der Waals surface area contributed by atoms with Crippen molar-refractivity contribution < 1.29 is 9.47 Å². The van der Waals surface area contributed by atoms with Crippen LogP contribution in [0.25, 0.3) is 0 Å². The average Bonchev–Trinajstić information content (AvgIpc) is 2.55. The summed E-state index contributed by atoms with van der Waals surface area (Å²) in [6.07, 6.45) is 2.30. The van der Waals surface area contributed by atoms with Gasteiger partial charge in [-0.05, 0) is 51.0 Å². The number of unbranched alkanes of at least 4 members (excludes halogenated alkanes) is 1. The van der Waals surface area contributed by atoms with Crippen molar-refractivity contribution >= 4 is 11.4 Å². The van der Waals surface area contributed by atoms with Crippen LogP contribution in [0.3, 0.4) is 0 Å². The van der Waals surface area contributed by atoms with Crippen molar-refractivity contribution in [2.24, 2.45) is 0 Å². The molecule has 1 unspecified atom stereocenters. The van der Waals surface area contributed by atoms with Crippen molar-refractivity contribution in [3.8, 4) is 11.5 Å². The molecule has 4 heteroatoms. The van der Waals surface area contributed by atoms with Crippen LogP contribution in [-0.4, -0.2) is 25.8 Å². The predicted octanol–water partition coefficient (Wildman–Crippen LogP) is 4.02. The number of hydrogen-bond donors (Lipinski definition) is 1. The van der Waals surface area contributed by atoms with Gasteiger partial charge in [0.15, 0.2) is 0 Å². The van der Waals surface area contributed by atoms with E-state index in [9.17, 15) is 0 Å². The third-order valence-electron chi connectivity index (χ3n) is 4.24. The number of rotatable bonds is 6. The Morgan fingerprint density at radius 1 is 1.17 bits per heavy atom. The zero-order chi connectivity index (χ0) is 16.9. The zero-order valence-electron chi connectivity index (χ0n) is 14.5. The van der Waals surface area contributed by atoms with Crippen molar-refractivity contribution in [3.63, 3.8) is 0 Å². The molecule has 24 heavy (non-hydrogen) atoms. The van der Waals surface area contributed by atoms with Crippen LogP contribution in [0.15, 0.2) is 42.5 Å². The number of nitrogens with zero attached hydrogens (tertiary/aromatic N) is 1. The lowest BCUT2D eigenvalue weighted by Crippen LogP contribution is -2.39. The van der Waals surface area contributed by atoms with Gasteiger partial charge in [-0.2, -0.15) is 0 Å². The summed E-state index contributed by atoms with van der Waals surface area (Å²) in [5.41, 5.74) is 9.00. The highest BCUT2D eigenvalue weighted by Crippen LogP contribution is 2.35. The zero-order valence-corrected chi connectivity index (χ0v) is 14.5. The highest BCUT2D eigenvalue weighted by molar-refractivity contribution is 5.65. The molecule has 0 spiro atoms. The van der Waals surface area contributed by atoms with Crippen LogP contribution in [0.1, 0.15) is 25.3 Å². The number of nitrogen functional groups attached to an aromatic ring is 1. The van der Waals surface area contributed by atoms with Crippen LogP contribution in [0.2, 0.25) is 0 Å². The van der Waals surface area contributed by atoms with Crippen LogP contribution < -0.4 is 20.1 Å². The van der Waals surface area contributed by atoms with E-state index >= 15 is 0 Å². The Kier molecular flexibility index (Phi) is 5.14. The van der Waals surface area contributed by atoms with E-state index in [4.69, 9.17) is 15.2 Å². The van der Waals surface area contributed by atoms with Gasteiger partial charge in [-0.1, -0.05) is 17.7 Å². The first-order valence-corrected chi connectivity index (χ1v) is 8.62. The van der Waals surface area contributed by atoms with E-state index < -0.39 is 0 Å². The van der Waals surface area contributed by atoms with Gasteiger partial charge in [-0.3, -0.25) is 0 Å². The largest absolute Gasteiger partial charge is 0.494 e. The molecule has 0 aromatic heterocycles. The first-order chi connectivity index (χ1) is 11.6. The number of fused-ring (bicyclic) bond motifs is 1. The monoisotopic (exact) mass is 326 g/mol. The van der Waals surface area contributed by atoms with Crippen molar-refractivity contribution in [1.29, 1.82) is 0 Å². The van der Waals surface area contributed by atoms with Gasteiger partial charge >= 0.3 is 0 Å². The lowest BCUT2D eigenvalue weighted by Gasteiger charge is -2.35. The fraction of sp³-hybridized carbons (Fsp3) is 0.400. The van der Waals surface area contributed by atoms with Crippen LogP contribution in [0.5, 0.6) is 11.5 Å². The van der Waals surface area contributed by atoms with Gasteiger partial charge in [0.2, 0.25) is 0 Å². The summed E-state index contributed by atoms with van der Waals surface area (Å²) >= 11 is 0. The van der Waals surface area contributed by atoms with Gasteiger partial charge < -0.3 is 20.1 Å². The molecule has 1 atom stereocenters. The molecule has 3 rings (SSSR count). The summed E-state index contributed by atoms with van der Waals surface area (Å²) in [5, 5.41) is 0.